The number of fused-ring (bicyclic) bond motifs is 2. The number of hydrogen-bond acceptors (Lipinski definition) is 6. The number of aryl methyl sites for hydroxylation is 1. The van der Waals surface area contributed by atoms with Crippen molar-refractivity contribution in [3.05, 3.63) is 89.0 Å². The molecule has 0 aliphatic carbocycles. The van der Waals surface area contributed by atoms with E-state index in [1.165, 1.54) is 7.11 Å². The van der Waals surface area contributed by atoms with Crippen LogP contribution in [0.5, 0.6) is 11.5 Å². The Morgan fingerprint density at radius 1 is 1.00 bits per heavy atom. The van der Waals surface area contributed by atoms with Crippen molar-refractivity contribution in [2.75, 3.05) is 19.5 Å². The van der Waals surface area contributed by atoms with Gasteiger partial charge in [-0.1, -0.05) is 53.2 Å². The maximum Gasteiger partial charge on any atom is 0.277 e. The Bertz CT molecular complexity index is 1300. The van der Waals surface area contributed by atoms with Crippen molar-refractivity contribution in [2.24, 2.45) is 11.1 Å². The van der Waals surface area contributed by atoms with E-state index < -0.39 is 17.4 Å². The summed E-state index contributed by atoms with van der Waals surface area (Å²) in [5, 5.41) is 7.16. The second-order valence-corrected chi connectivity index (χ2v) is 8.04. The highest BCUT2D eigenvalue weighted by Crippen LogP contribution is 2.50. The molecule has 1 amide bonds. The van der Waals surface area contributed by atoms with Crippen molar-refractivity contribution in [3.63, 3.8) is 0 Å². The number of rotatable bonds is 5. The second kappa shape index (κ2) is 7.78. The number of nitrogens with zero attached hydrogens (tertiary/aromatic N) is 1. The maximum atomic E-state index is 13.9. The minimum absolute atomic E-state index is 0.257. The molecule has 3 aromatic carbocycles. The fraction of sp³-hybridized carbons (Fsp3) is 0.192. The molecule has 0 saturated heterocycles. The minimum atomic E-state index is -1.60. The van der Waals surface area contributed by atoms with Crippen molar-refractivity contribution in [1.29, 1.82) is 0 Å². The number of ether oxygens (including phenoxy) is 2. The summed E-state index contributed by atoms with van der Waals surface area (Å²) in [7, 11) is 3.08. The van der Waals surface area contributed by atoms with Crippen molar-refractivity contribution < 1.29 is 23.9 Å². The summed E-state index contributed by atoms with van der Waals surface area (Å²) in [6.45, 7) is 1.95. The Morgan fingerprint density at radius 2 is 1.73 bits per heavy atom. The quantitative estimate of drug-likeness (QED) is 0.602. The third kappa shape index (κ3) is 3.08. The smallest absolute Gasteiger partial charge is 0.277 e. The molecule has 0 radical (unpaired) electrons. The van der Waals surface area contributed by atoms with Crippen molar-refractivity contribution >= 4 is 23.1 Å². The molecular weight excluding hydrogens is 420 g/mol. The van der Waals surface area contributed by atoms with E-state index in [0.29, 0.717) is 39.6 Å². The van der Waals surface area contributed by atoms with E-state index in [-0.39, 0.29) is 5.78 Å². The number of hydrogen-bond donors (Lipinski definition) is 1. The van der Waals surface area contributed by atoms with E-state index in [0.717, 1.165) is 5.56 Å². The Kier molecular flexibility index (Phi) is 4.89. The van der Waals surface area contributed by atoms with Gasteiger partial charge in [-0.25, -0.2) is 0 Å². The molecule has 2 atom stereocenters. The predicted molar refractivity (Wildman–Crippen MR) is 123 cm³/mol. The number of benzene rings is 3. The Morgan fingerprint density at radius 3 is 2.45 bits per heavy atom. The molecule has 166 valence electrons. The average molecular weight is 442 g/mol. The second-order valence-electron chi connectivity index (χ2n) is 8.04. The molecule has 0 fully saturated rings. The summed E-state index contributed by atoms with van der Waals surface area (Å²) in [4.78, 5) is 33.2. The Hall–Kier alpha value is -4.13. The van der Waals surface area contributed by atoms with E-state index in [1.54, 1.807) is 49.6 Å². The molecule has 3 aromatic rings. The van der Waals surface area contributed by atoms with E-state index in [4.69, 9.17) is 14.3 Å². The van der Waals surface area contributed by atoms with Gasteiger partial charge >= 0.3 is 0 Å². The van der Waals surface area contributed by atoms with Crippen LogP contribution in [0.25, 0.3) is 0 Å². The molecule has 7 heteroatoms. The van der Waals surface area contributed by atoms with Gasteiger partial charge in [-0.15, -0.1) is 0 Å². The molecule has 0 bridgehead atoms. The topological polar surface area (TPSA) is 86.2 Å². The Balaban J connectivity index is 1.68. The average Bonchev–Trinajstić information content (AvgIpc) is 3.37. The number of methoxy groups -OCH3 is 2. The van der Waals surface area contributed by atoms with Gasteiger partial charge in [-0.3, -0.25) is 9.59 Å². The highest BCUT2D eigenvalue weighted by atomic mass is 16.7. The lowest BCUT2D eigenvalue weighted by Crippen LogP contribution is -2.46. The lowest BCUT2D eigenvalue weighted by Gasteiger charge is -2.26. The monoisotopic (exact) mass is 442 g/mol. The van der Waals surface area contributed by atoms with Gasteiger partial charge in [0.2, 0.25) is 0 Å². The van der Waals surface area contributed by atoms with Crippen LogP contribution in [0.4, 0.5) is 5.69 Å². The number of Topliss-reactive ketones (excluding diaryl/α,β-unsaturated/α-hetero) is 1. The molecule has 0 aromatic heterocycles. The highest BCUT2D eigenvalue weighted by Gasteiger charge is 2.63. The summed E-state index contributed by atoms with van der Waals surface area (Å²) < 4.78 is 10.8. The molecule has 1 spiro atoms. The summed E-state index contributed by atoms with van der Waals surface area (Å²) in [6.07, 6.45) is 0. The number of amides is 1. The van der Waals surface area contributed by atoms with Crippen LogP contribution in [0.15, 0.2) is 71.9 Å². The third-order valence-electron chi connectivity index (χ3n) is 6.16. The SMILES string of the molecule is COc1ccc(C2=NO[C@@]3(C(=O)Nc4ccccc43)[C@H]2C(=O)c2ccc(C)cc2)cc1OC. The van der Waals surface area contributed by atoms with E-state index in [1.807, 2.05) is 31.2 Å². The van der Waals surface area contributed by atoms with Crippen LogP contribution >= 0.6 is 0 Å². The zero-order chi connectivity index (χ0) is 23.2. The van der Waals surface area contributed by atoms with Gasteiger partial charge in [0.05, 0.1) is 14.2 Å². The van der Waals surface area contributed by atoms with Crippen LogP contribution in [0.1, 0.15) is 27.0 Å². The highest BCUT2D eigenvalue weighted by molar-refractivity contribution is 6.24. The van der Waals surface area contributed by atoms with Gasteiger partial charge in [0.25, 0.3) is 11.5 Å². The number of carbonyl (C=O) groups is 2. The van der Waals surface area contributed by atoms with Crippen LogP contribution in [-0.4, -0.2) is 31.6 Å². The zero-order valence-corrected chi connectivity index (χ0v) is 18.4. The molecule has 33 heavy (non-hydrogen) atoms. The molecule has 7 nitrogen and oxygen atoms in total. The van der Waals surface area contributed by atoms with Crippen LogP contribution < -0.4 is 14.8 Å². The number of anilines is 1. The first-order valence-corrected chi connectivity index (χ1v) is 10.5. The number of para-hydroxylation sites is 1. The van der Waals surface area contributed by atoms with Crippen molar-refractivity contribution in [1.82, 2.24) is 0 Å². The number of ketones is 1. The van der Waals surface area contributed by atoms with Crippen molar-refractivity contribution in [3.8, 4) is 11.5 Å². The summed E-state index contributed by atoms with van der Waals surface area (Å²) in [5.41, 5.74) is 2.05. The molecule has 5 rings (SSSR count). The standard InChI is InChI=1S/C26H22N2O5/c1-15-8-10-16(11-9-15)24(29)22-23(17-12-13-20(31-2)21(14-17)32-3)28-33-26(22)18-6-4-5-7-19(18)27-25(26)30/h4-14,22H,1-3H3,(H,27,30)/t22-,26-/m1/s1. The van der Waals surface area contributed by atoms with E-state index in [2.05, 4.69) is 10.5 Å². The molecule has 0 saturated carbocycles. The van der Waals surface area contributed by atoms with Gasteiger partial charge in [0.15, 0.2) is 17.3 Å². The van der Waals surface area contributed by atoms with Gasteiger partial charge in [-0.05, 0) is 31.2 Å². The molecular formula is C26H22N2O5. The van der Waals surface area contributed by atoms with E-state index >= 15 is 0 Å². The van der Waals surface area contributed by atoms with Crippen LogP contribution in [-0.2, 0) is 15.2 Å². The summed E-state index contributed by atoms with van der Waals surface area (Å²) in [5.74, 6) is -0.652. The van der Waals surface area contributed by atoms with Gasteiger partial charge in [0.1, 0.15) is 11.6 Å². The Labute approximate surface area is 191 Å². The van der Waals surface area contributed by atoms with Gasteiger partial charge < -0.3 is 19.6 Å². The molecule has 0 unspecified atom stereocenters. The first-order valence-electron chi connectivity index (χ1n) is 10.5. The molecule has 2 heterocycles. The van der Waals surface area contributed by atoms with E-state index in [9.17, 15) is 9.59 Å². The normalized spacial score (nSPS) is 20.6. The lowest BCUT2D eigenvalue weighted by molar-refractivity contribution is -0.140. The van der Waals surface area contributed by atoms with Crippen LogP contribution in [0.3, 0.4) is 0 Å². The van der Waals surface area contributed by atoms with Gasteiger partial charge in [-0.2, -0.15) is 0 Å². The number of carbonyl (C=O) groups excluding carboxylic acids is 2. The zero-order valence-electron chi connectivity index (χ0n) is 18.4. The number of oxime groups is 1. The predicted octanol–water partition coefficient (Wildman–Crippen LogP) is 4.09. The molecule has 1 N–H and O–H groups in total. The first-order chi connectivity index (χ1) is 16.0. The van der Waals surface area contributed by atoms with Crippen LogP contribution in [0.2, 0.25) is 0 Å². The fourth-order valence-corrected chi connectivity index (χ4v) is 4.46. The largest absolute Gasteiger partial charge is 0.493 e. The first kappa shape index (κ1) is 20.8. The molecule has 2 aliphatic rings. The molecule has 2 aliphatic heterocycles. The third-order valence-corrected chi connectivity index (χ3v) is 6.16. The summed E-state index contributed by atoms with van der Waals surface area (Å²) >= 11 is 0. The fourth-order valence-electron chi connectivity index (χ4n) is 4.46. The number of nitrogens with one attached hydrogen (secondary N) is 1. The van der Waals surface area contributed by atoms with Crippen molar-refractivity contribution in [2.45, 2.75) is 12.5 Å². The minimum Gasteiger partial charge on any atom is -0.493 e. The maximum absolute atomic E-state index is 13.9. The van der Waals surface area contributed by atoms with Gasteiger partial charge in [0, 0.05) is 22.4 Å². The van der Waals surface area contributed by atoms with Crippen LogP contribution in [0, 0.1) is 12.8 Å². The summed E-state index contributed by atoms with van der Waals surface area (Å²) in [6, 6.07) is 19.7. The lowest BCUT2D eigenvalue weighted by atomic mass is 9.74.